The number of hydrogen-bond donors (Lipinski definition) is 1. The Balaban J connectivity index is 2.30. The molecule has 106 valence electrons. The Kier molecular flexibility index (Phi) is 4.68. The molecule has 0 amide bonds. The van der Waals surface area contributed by atoms with Crippen LogP contribution in [0.3, 0.4) is 0 Å². The molecule has 0 saturated heterocycles. The molecule has 0 bridgehead atoms. The van der Waals surface area contributed by atoms with Crippen molar-refractivity contribution < 1.29 is 8.60 Å². The van der Waals surface area contributed by atoms with Crippen LogP contribution in [0.4, 0.5) is 4.39 Å². The number of benzene rings is 2. The summed E-state index contributed by atoms with van der Waals surface area (Å²) in [4.78, 5) is 0.831. The molecule has 0 aliphatic rings. The van der Waals surface area contributed by atoms with Crippen LogP contribution in [0.25, 0.3) is 0 Å². The first-order valence-electron chi connectivity index (χ1n) is 6.44. The monoisotopic (exact) mass is 291 g/mol. The Morgan fingerprint density at radius 3 is 2.55 bits per heavy atom. The maximum atomic E-state index is 13.2. The third-order valence-corrected chi connectivity index (χ3v) is 4.77. The van der Waals surface area contributed by atoms with Gasteiger partial charge < -0.3 is 5.73 Å². The van der Waals surface area contributed by atoms with Crippen molar-refractivity contribution >= 4 is 10.8 Å². The smallest absolute Gasteiger partial charge is 0.123 e. The lowest BCUT2D eigenvalue weighted by Crippen LogP contribution is -2.06. The molecule has 1 unspecified atom stereocenters. The zero-order valence-electron chi connectivity index (χ0n) is 11.7. The molecule has 0 heterocycles. The Bertz CT molecular complexity index is 655. The van der Waals surface area contributed by atoms with Gasteiger partial charge in [0.1, 0.15) is 5.82 Å². The summed E-state index contributed by atoms with van der Waals surface area (Å²) in [5.74, 6) is 0.0450. The average Bonchev–Trinajstić information content (AvgIpc) is 2.43. The average molecular weight is 291 g/mol. The van der Waals surface area contributed by atoms with E-state index >= 15 is 0 Å². The molecule has 0 radical (unpaired) electrons. The predicted octanol–water partition coefficient (Wildman–Crippen LogP) is 3.21. The molecule has 2 N–H and O–H groups in total. The molecule has 2 nitrogen and oxygen atoms in total. The molecular formula is C16H18FNOS. The minimum absolute atomic E-state index is 0.247. The summed E-state index contributed by atoms with van der Waals surface area (Å²) in [5, 5.41) is 0. The van der Waals surface area contributed by atoms with Crippen LogP contribution in [0.15, 0.2) is 41.3 Å². The first kappa shape index (κ1) is 14.9. The fourth-order valence-corrected chi connectivity index (χ4v) is 3.56. The zero-order chi connectivity index (χ0) is 14.7. The highest BCUT2D eigenvalue weighted by Crippen LogP contribution is 2.20. The second kappa shape index (κ2) is 6.29. The SMILES string of the molecule is Cc1ccc(C)c(S(=O)Cc2ccc(F)cc2CN)c1. The minimum Gasteiger partial charge on any atom is -0.326 e. The van der Waals surface area contributed by atoms with Gasteiger partial charge in [0.15, 0.2) is 0 Å². The van der Waals surface area contributed by atoms with Crippen LogP contribution in [-0.4, -0.2) is 4.21 Å². The van der Waals surface area contributed by atoms with E-state index in [4.69, 9.17) is 5.73 Å². The van der Waals surface area contributed by atoms with E-state index in [0.29, 0.717) is 11.3 Å². The van der Waals surface area contributed by atoms with Crippen LogP contribution >= 0.6 is 0 Å². The highest BCUT2D eigenvalue weighted by molar-refractivity contribution is 7.84. The Hall–Kier alpha value is -1.52. The van der Waals surface area contributed by atoms with Crippen LogP contribution < -0.4 is 5.73 Å². The van der Waals surface area contributed by atoms with Crippen molar-refractivity contribution in [3.63, 3.8) is 0 Å². The highest BCUT2D eigenvalue weighted by atomic mass is 32.2. The van der Waals surface area contributed by atoms with Crippen molar-refractivity contribution in [2.24, 2.45) is 5.73 Å². The maximum absolute atomic E-state index is 13.2. The van der Waals surface area contributed by atoms with Gasteiger partial charge in [0, 0.05) is 11.4 Å². The molecule has 2 aromatic carbocycles. The topological polar surface area (TPSA) is 43.1 Å². The highest BCUT2D eigenvalue weighted by Gasteiger charge is 2.11. The number of hydrogen-bond acceptors (Lipinski definition) is 2. The molecule has 4 heteroatoms. The van der Waals surface area contributed by atoms with E-state index in [9.17, 15) is 8.60 Å². The van der Waals surface area contributed by atoms with Crippen molar-refractivity contribution in [1.82, 2.24) is 0 Å². The largest absolute Gasteiger partial charge is 0.326 e. The standard InChI is InChI=1S/C16H18FNOS/c1-11-3-4-12(2)16(7-11)20(19)10-13-5-6-15(17)8-14(13)9-18/h3-8H,9-10,18H2,1-2H3. The van der Waals surface area contributed by atoms with Crippen LogP contribution in [-0.2, 0) is 23.1 Å². The number of rotatable bonds is 4. The Morgan fingerprint density at radius 1 is 1.10 bits per heavy atom. The lowest BCUT2D eigenvalue weighted by molar-refractivity contribution is 0.624. The summed E-state index contributed by atoms with van der Waals surface area (Å²) in [6.45, 7) is 4.17. The van der Waals surface area contributed by atoms with E-state index in [1.807, 2.05) is 32.0 Å². The molecule has 0 aromatic heterocycles. The third kappa shape index (κ3) is 3.32. The van der Waals surface area contributed by atoms with Gasteiger partial charge in [-0.25, -0.2) is 4.39 Å². The van der Waals surface area contributed by atoms with Gasteiger partial charge in [0.2, 0.25) is 0 Å². The predicted molar refractivity (Wildman–Crippen MR) is 80.3 cm³/mol. The lowest BCUT2D eigenvalue weighted by Gasteiger charge is -2.10. The summed E-state index contributed by atoms with van der Waals surface area (Å²) >= 11 is 0. The molecule has 20 heavy (non-hydrogen) atoms. The number of aryl methyl sites for hydroxylation is 2. The first-order chi connectivity index (χ1) is 9.51. The fourth-order valence-electron chi connectivity index (χ4n) is 2.10. The second-order valence-electron chi connectivity index (χ2n) is 4.88. The molecule has 0 saturated carbocycles. The van der Waals surface area contributed by atoms with Crippen LogP contribution in [0.5, 0.6) is 0 Å². The van der Waals surface area contributed by atoms with E-state index in [0.717, 1.165) is 21.6 Å². The van der Waals surface area contributed by atoms with Crippen LogP contribution in [0, 0.1) is 19.7 Å². The Labute approximate surface area is 121 Å². The molecule has 0 fully saturated rings. The van der Waals surface area contributed by atoms with Gasteiger partial charge in [0.25, 0.3) is 0 Å². The van der Waals surface area contributed by atoms with Crippen molar-refractivity contribution in [1.29, 1.82) is 0 Å². The molecule has 0 spiro atoms. The maximum Gasteiger partial charge on any atom is 0.123 e. The van der Waals surface area contributed by atoms with E-state index < -0.39 is 10.8 Å². The van der Waals surface area contributed by atoms with Gasteiger partial charge in [-0.2, -0.15) is 0 Å². The van der Waals surface area contributed by atoms with Gasteiger partial charge >= 0.3 is 0 Å². The molecule has 1 atom stereocenters. The summed E-state index contributed by atoms with van der Waals surface area (Å²) in [6.07, 6.45) is 0. The quantitative estimate of drug-likeness (QED) is 0.940. The van der Waals surface area contributed by atoms with Crippen LogP contribution in [0.1, 0.15) is 22.3 Å². The van der Waals surface area contributed by atoms with Crippen molar-refractivity contribution in [2.75, 3.05) is 0 Å². The lowest BCUT2D eigenvalue weighted by atomic mass is 10.1. The van der Waals surface area contributed by atoms with Gasteiger partial charge in [0.05, 0.1) is 16.6 Å². The second-order valence-corrected chi connectivity index (χ2v) is 6.30. The van der Waals surface area contributed by atoms with Gasteiger partial charge in [-0.3, -0.25) is 4.21 Å². The van der Waals surface area contributed by atoms with Crippen molar-refractivity contribution in [2.45, 2.75) is 31.0 Å². The normalized spacial score (nSPS) is 12.4. The summed E-state index contributed by atoms with van der Waals surface area (Å²) in [5.41, 5.74) is 9.26. The van der Waals surface area contributed by atoms with E-state index in [1.165, 1.54) is 12.1 Å². The number of nitrogens with two attached hydrogens (primary N) is 1. The van der Waals surface area contributed by atoms with E-state index in [-0.39, 0.29) is 12.4 Å². The van der Waals surface area contributed by atoms with Gasteiger partial charge in [-0.05, 0) is 54.3 Å². The molecule has 0 aliphatic heterocycles. The first-order valence-corrected chi connectivity index (χ1v) is 7.76. The van der Waals surface area contributed by atoms with Crippen molar-refractivity contribution in [3.05, 3.63) is 64.5 Å². The van der Waals surface area contributed by atoms with Crippen LogP contribution in [0.2, 0.25) is 0 Å². The molecule has 2 rings (SSSR count). The van der Waals surface area contributed by atoms with Gasteiger partial charge in [-0.15, -0.1) is 0 Å². The zero-order valence-corrected chi connectivity index (χ0v) is 12.5. The number of halogens is 1. The fraction of sp³-hybridized carbons (Fsp3) is 0.250. The third-order valence-electron chi connectivity index (χ3n) is 3.26. The van der Waals surface area contributed by atoms with Gasteiger partial charge in [-0.1, -0.05) is 18.2 Å². The molecule has 0 aliphatic carbocycles. The molecular weight excluding hydrogens is 273 g/mol. The summed E-state index contributed by atoms with van der Waals surface area (Å²) in [6, 6.07) is 10.4. The minimum atomic E-state index is -1.15. The molecule has 2 aromatic rings. The van der Waals surface area contributed by atoms with E-state index in [1.54, 1.807) is 6.07 Å². The summed E-state index contributed by atoms with van der Waals surface area (Å²) < 4.78 is 25.7. The Morgan fingerprint density at radius 2 is 1.85 bits per heavy atom. The van der Waals surface area contributed by atoms with E-state index in [2.05, 4.69) is 0 Å². The summed E-state index contributed by atoms with van der Waals surface area (Å²) in [7, 11) is -1.15. The van der Waals surface area contributed by atoms with Crippen molar-refractivity contribution in [3.8, 4) is 0 Å².